The summed E-state index contributed by atoms with van der Waals surface area (Å²) in [5.41, 5.74) is 1.18. The topological polar surface area (TPSA) is 66.4 Å². The molecule has 0 heterocycles. The molecule has 1 unspecified atom stereocenters. The second-order valence-electron chi connectivity index (χ2n) is 4.00. The van der Waals surface area contributed by atoms with Gasteiger partial charge < -0.3 is 10.4 Å². The van der Waals surface area contributed by atoms with E-state index >= 15 is 0 Å². The number of nitrogens with one attached hydrogen (secondary N) is 1. The van der Waals surface area contributed by atoms with E-state index in [9.17, 15) is 9.59 Å². The third-order valence-electron chi connectivity index (χ3n) is 2.43. The minimum absolute atomic E-state index is 0.0400. The maximum absolute atomic E-state index is 11.4. The van der Waals surface area contributed by atoms with Crippen LogP contribution in [-0.2, 0) is 9.59 Å². The summed E-state index contributed by atoms with van der Waals surface area (Å²) in [6.07, 6.45) is 0. The lowest BCUT2D eigenvalue weighted by Crippen LogP contribution is -2.29. The van der Waals surface area contributed by atoms with Crippen LogP contribution in [0, 0.1) is 0 Å². The van der Waals surface area contributed by atoms with Gasteiger partial charge in [-0.3, -0.25) is 9.59 Å². The lowest BCUT2D eigenvalue weighted by molar-refractivity contribution is -0.133. The van der Waals surface area contributed by atoms with Gasteiger partial charge in [-0.05, 0) is 11.5 Å². The van der Waals surface area contributed by atoms with Gasteiger partial charge in [0.1, 0.15) is 0 Å². The van der Waals surface area contributed by atoms with Gasteiger partial charge in [0.2, 0.25) is 5.91 Å². The highest BCUT2D eigenvalue weighted by Gasteiger charge is 2.08. The van der Waals surface area contributed by atoms with E-state index in [0.717, 1.165) is 11.8 Å². The van der Waals surface area contributed by atoms with Gasteiger partial charge in [0.25, 0.3) is 0 Å². The second-order valence-corrected chi connectivity index (χ2v) is 4.99. The molecule has 0 spiro atoms. The summed E-state index contributed by atoms with van der Waals surface area (Å²) < 4.78 is 0. The Hall–Kier alpha value is -1.49. The summed E-state index contributed by atoms with van der Waals surface area (Å²) in [6.45, 7) is 2.61. The average molecular weight is 267 g/mol. The van der Waals surface area contributed by atoms with Crippen molar-refractivity contribution < 1.29 is 14.7 Å². The molecule has 0 bridgehead atoms. The SMILES string of the molecule is CC(CNC(=O)CSCC(=O)O)c1ccccc1. The van der Waals surface area contributed by atoms with E-state index in [1.807, 2.05) is 37.3 Å². The van der Waals surface area contributed by atoms with Crippen molar-refractivity contribution in [3.05, 3.63) is 35.9 Å². The minimum atomic E-state index is -0.898. The van der Waals surface area contributed by atoms with Crippen molar-refractivity contribution in [1.82, 2.24) is 5.32 Å². The molecule has 98 valence electrons. The van der Waals surface area contributed by atoms with Crippen molar-refractivity contribution in [3.63, 3.8) is 0 Å². The number of benzene rings is 1. The van der Waals surface area contributed by atoms with E-state index in [0.29, 0.717) is 6.54 Å². The molecule has 18 heavy (non-hydrogen) atoms. The molecule has 0 aliphatic rings. The van der Waals surface area contributed by atoms with Crippen LogP contribution < -0.4 is 5.32 Å². The lowest BCUT2D eigenvalue weighted by atomic mass is 10.0. The zero-order chi connectivity index (χ0) is 13.4. The van der Waals surface area contributed by atoms with Crippen LogP contribution in [0.1, 0.15) is 18.4 Å². The monoisotopic (exact) mass is 267 g/mol. The van der Waals surface area contributed by atoms with Crippen molar-refractivity contribution in [2.45, 2.75) is 12.8 Å². The first-order chi connectivity index (χ1) is 8.59. The molecule has 1 rings (SSSR count). The summed E-state index contributed by atoms with van der Waals surface area (Å²) in [6, 6.07) is 9.94. The number of amides is 1. The Bertz CT molecular complexity index is 394. The molecule has 4 nitrogen and oxygen atoms in total. The zero-order valence-corrected chi connectivity index (χ0v) is 11.1. The quantitative estimate of drug-likeness (QED) is 0.789. The van der Waals surface area contributed by atoms with Crippen molar-refractivity contribution in [1.29, 1.82) is 0 Å². The molecule has 0 fully saturated rings. The molecule has 0 aliphatic heterocycles. The van der Waals surface area contributed by atoms with Gasteiger partial charge in [-0.2, -0.15) is 0 Å². The van der Waals surface area contributed by atoms with E-state index < -0.39 is 5.97 Å². The largest absolute Gasteiger partial charge is 0.481 e. The van der Waals surface area contributed by atoms with Gasteiger partial charge in [0, 0.05) is 6.54 Å². The fourth-order valence-electron chi connectivity index (χ4n) is 1.45. The molecule has 2 N–H and O–H groups in total. The third kappa shape index (κ3) is 5.72. The molecule has 1 amide bonds. The molecule has 0 aromatic heterocycles. The fraction of sp³-hybridized carbons (Fsp3) is 0.385. The summed E-state index contributed by atoms with van der Waals surface area (Å²) in [5, 5.41) is 11.2. The number of carboxylic acids is 1. The Morgan fingerprint density at radius 2 is 1.94 bits per heavy atom. The van der Waals surface area contributed by atoms with Gasteiger partial charge in [-0.25, -0.2) is 0 Å². The Morgan fingerprint density at radius 1 is 1.28 bits per heavy atom. The van der Waals surface area contributed by atoms with Crippen LogP contribution >= 0.6 is 11.8 Å². The summed E-state index contributed by atoms with van der Waals surface area (Å²) in [5.74, 6) is -0.621. The van der Waals surface area contributed by atoms with Crippen molar-refractivity contribution in [2.75, 3.05) is 18.1 Å². The van der Waals surface area contributed by atoms with Gasteiger partial charge in [-0.1, -0.05) is 37.3 Å². The van der Waals surface area contributed by atoms with E-state index in [4.69, 9.17) is 5.11 Å². The normalized spacial score (nSPS) is 11.8. The van der Waals surface area contributed by atoms with Crippen LogP contribution in [0.25, 0.3) is 0 Å². The van der Waals surface area contributed by atoms with Crippen LogP contribution in [-0.4, -0.2) is 35.0 Å². The van der Waals surface area contributed by atoms with Crippen LogP contribution in [0.3, 0.4) is 0 Å². The number of carbonyl (C=O) groups is 2. The number of thioether (sulfide) groups is 1. The molecule has 1 aromatic carbocycles. The highest BCUT2D eigenvalue weighted by molar-refractivity contribution is 8.00. The lowest BCUT2D eigenvalue weighted by Gasteiger charge is -2.12. The number of hydrogen-bond acceptors (Lipinski definition) is 3. The van der Waals surface area contributed by atoms with E-state index in [-0.39, 0.29) is 23.3 Å². The molecular formula is C13H17NO3S. The number of carbonyl (C=O) groups excluding carboxylic acids is 1. The molecule has 0 aliphatic carbocycles. The smallest absolute Gasteiger partial charge is 0.313 e. The van der Waals surface area contributed by atoms with Gasteiger partial charge in [0.05, 0.1) is 11.5 Å². The first-order valence-corrected chi connectivity index (χ1v) is 6.86. The van der Waals surface area contributed by atoms with Crippen LogP contribution in [0.15, 0.2) is 30.3 Å². The molecule has 0 radical (unpaired) electrons. The van der Waals surface area contributed by atoms with Crippen molar-refractivity contribution in [2.24, 2.45) is 0 Å². The number of aliphatic carboxylic acids is 1. The predicted molar refractivity (Wildman–Crippen MR) is 72.8 cm³/mol. The molecule has 5 heteroatoms. The second kappa shape index (κ2) is 7.76. The molecule has 1 atom stereocenters. The number of hydrogen-bond donors (Lipinski definition) is 2. The average Bonchev–Trinajstić information content (AvgIpc) is 2.36. The highest BCUT2D eigenvalue weighted by Crippen LogP contribution is 2.13. The summed E-state index contributed by atoms with van der Waals surface area (Å²) in [7, 11) is 0. The third-order valence-corrected chi connectivity index (χ3v) is 3.35. The van der Waals surface area contributed by atoms with Crippen molar-refractivity contribution >= 4 is 23.6 Å². The maximum Gasteiger partial charge on any atom is 0.313 e. The van der Waals surface area contributed by atoms with E-state index in [2.05, 4.69) is 5.32 Å². The number of rotatable bonds is 7. The molecule has 1 aromatic rings. The van der Waals surface area contributed by atoms with Gasteiger partial charge >= 0.3 is 5.97 Å². The van der Waals surface area contributed by atoms with E-state index in [1.165, 1.54) is 5.56 Å². The standard InChI is InChI=1S/C13H17NO3S/c1-10(11-5-3-2-4-6-11)7-14-12(15)8-18-9-13(16)17/h2-6,10H,7-9H2,1H3,(H,14,15)(H,16,17). The number of carboxylic acid groups (broad SMARTS) is 1. The summed E-state index contributed by atoms with van der Waals surface area (Å²) >= 11 is 1.11. The van der Waals surface area contributed by atoms with Crippen LogP contribution in [0.2, 0.25) is 0 Å². The first kappa shape index (κ1) is 14.6. The van der Waals surface area contributed by atoms with Crippen molar-refractivity contribution in [3.8, 4) is 0 Å². The van der Waals surface area contributed by atoms with Gasteiger partial charge in [0.15, 0.2) is 0 Å². The predicted octanol–water partition coefficient (Wildman–Crippen LogP) is 1.72. The highest BCUT2D eigenvalue weighted by atomic mass is 32.2. The Balaban J connectivity index is 2.24. The Morgan fingerprint density at radius 3 is 2.56 bits per heavy atom. The molecule has 0 saturated heterocycles. The minimum Gasteiger partial charge on any atom is -0.481 e. The summed E-state index contributed by atoms with van der Waals surface area (Å²) in [4.78, 5) is 21.7. The van der Waals surface area contributed by atoms with E-state index in [1.54, 1.807) is 0 Å². The van der Waals surface area contributed by atoms with Crippen LogP contribution in [0.4, 0.5) is 0 Å². The Labute approximate surface area is 111 Å². The van der Waals surface area contributed by atoms with Gasteiger partial charge in [-0.15, -0.1) is 11.8 Å². The Kier molecular flexibility index (Phi) is 6.28. The fourth-order valence-corrected chi connectivity index (χ4v) is 2.01. The van der Waals surface area contributed by atoms with Crippen LogP contribution in [0.5, 0.6) is 0 Å². The zero-order valence-electron chi connectivity index (χ0n) is 10.3. The first-order valence-electron chi connectivity index (χ1n) is 5.70. The molecule has 0 saturated carbocycles. The maximum atomic E-state index is 11.4. The molecular weight excluding hydrogens is 250 g/mol.